The van der Waals surface area contributed by atoms with Crippen LogP contribution in [0.1, 0.15) is 6.92 Å². The molecule has 2 unspecified atom stereocenters. The first kappa shape index (κ1) is 16.4. The van der Waals surface area contributed by atoms with Gasteiger partial charge in [0.2, 0.25) is 0 Å². The minimum Gasteiger partial charge on any atom is -0.484 e. The third-order valence-electron chi connectivity index (χ3n) is 3.79. The molecule has 1 fully saturated rings. The summed E-state index contributed by atoms with van der Waals surface area (Å²) in [6.45, 7) is 1.49. The number of thioether (sulfide) groups is 1. The summed E-state index contributed by atoms with van der Waals surface area (Å²) in [4.78, 5) is 36.8. The lowest BCUT2D eigenvalue weighted by atomic mass is 10.0. The van der Waals surface area contributed by atoms with Crippen molar-refractivity contribution in [3.8, 4) is 5.75 Å². The molecule has 7 nitrogen and oxygen atoms in total. The Hall–Kier alpha value is -2.48. The van der Waals surface area contributed by atoms with E-state index in [-0.39, 0.29) is 17.7 Å². The highest BCUT2D eigenvalue weighted by Crippen LogP contribution is 2.40. The van der Waals surface area contributed by atoms with E-state index in [9.17, 15) is 19.5 Å². The third-order valence-corrected chi connectivity index (χ3v) is 5.22. The van der Waals surface area contributed by atoms with E-state index in [4.69, 9.17) is 4.74 Å². The maximum Gasteiger partial charge on any atom is 0.352 e. The highest BCUT2D eigenvalue weighted by atomic mass is 32.2. The van der Waals surface area contributed by atoms with Gasteiger partial charge in [-0.3, -0.25) is 14.5 Å². The molecule has 0 saturated carbocycles. The van der Waals surface area contributed by atoms with E-state index >= 15 is 0 Å². The number of para-hydroxylation sites is 1. The molecule has 0 aliphatic carbocycles. The van der Waals surface area contributed by atoms with Gasteiger partial charge in [-0.25, -0.2) is 4.79 Å². The van der Waals surface area contributed by atoms with Crippen molar-refractivity contribution >= 4 is 29.5 Å². The fourth-order valence-corrected chi connectivity index (χ4v) is 3.95. The zero-order valence-electron chi connectivity index (χ0n) is 12.9. The molecule has 126 valence electrons. The zero-order chi connectivity index (χ0) is 17.3. The molecule has 2 atom stereocenters. The van der Waals surface area contributed by atoms with Crippen LogP contribution >= 0.6 is 11.8 Å². The molecule has 0 spiro atoms. The van der Waals surface area contributed by atoms with Crippen molar-refractivity contribution in [1.29, 1.82) is 0 Å². The van der Waals surface area contributed by atoms with Crippen LogP contribution in [0.15, 0.2) is 41.6 Å². The second-order valence-electron chi connectivity index (χ2n) is 5.49. The molecule has 24 heavy (non-hydrogen) atoms. The average molecular weight is 348 g/mol. The van der Waals surface area contributed by atoms with Crippen molar-refractivity contribution in [2.24, 2.45) is 0 Å². The number of hydrogen-bond donors (Lipinski definition) is 2. The van der Waals surface area contributed by atoms with Gasteiger partial charge >= 0.3 is 5.97 Å². The highest BCUT2D eigenvalue weighted by Gasteiger charge is 2.53. The van der Waals surface area contributed by atoms with E-state index in [0.717, 1.165) is 0 Å². The third kappa shape index (κ3) is 2.96. The largest absolute Gasteiger partial charge is 0.484 e. The minimum atomic E-state index is -1.12. The van der Waals surface area contributed by atoms with Gasteiger partial charge in [0.05, 0.1) is 0 Å². The van der Waals surface area contributed by atoms with Crippen LogP contribution in [0.5, 0.6) is 5.75 Å². The standard InChI is InChI=1S/C16H16N2O5S/c1-9-8-24-15-12(14(20)18(15)13(9)16(21)22)17-11(19)7-23-10-5-3-2-4-6-10/h2-6,12,15H,7-8H2,1H3,(H,17,19)(H,21,22). The number of ether oxygens (including phenoxy) is 1. The van der Waals surface area contributed by atoms with E-state index in [1.807, 2.05) is 6.07 Å². The van der Waals surface area contributed by atoms with Crippen LogP contribution in [0.2, 0.25) is 0 Å². The van der Waals surface area contributed by atoms with Crippen LogP contribution in [-0.4, -0.2) is 51.6 Å². The molecule has 2 amide bonds. The summed E-state index contributed by atoms with van der Waals surface area (Å²) in [5, 5.41) is 11.5. The maximum absolute atomic E-state index is 12.2. The number of fused-ring (bicyclic) bond motifs is 1. The SMILES string of the molecule is CC1=C(C(=O)O)N2C(=O)C(NC(=O)COc3ccccc3)C2SC1. The molecule has 1 aromatic carbocycles. The van der Waals surface area contributed by atoms with E-state index in [1.54, 1.807) is 31.2 Å². The zero-order valence-corrected chi connectivity index (χ0v) is 13.7. The van der Waals surface area contributed by atoms with E-state index < -0.39 is 23.8 Å². The molecule has 1 aromatic rings. The number of aliphatic carboxylic acids is 1. The van der Waals surface area contributed by atoms with Crippen molar-refractivity contribution in [2.45, 2.75) is 18.3 Å². The smallest absolute Gasteiger partial charge is 0.352 e. The molecule has 3 rings (SSSR count). The average Bonchev–Trinajstić information content (AvgIpc) is 2.58. The summed E-state index contributed by atoms with van der Waals surface area (Å²) >= 11 is 1.44. The second-order valence-corrected chi connectivity index (χ2v) is 6.60. The molecular formula is C16H16N2O5S. The molecule has 2 heterocycles. The Kier molecular flexibility index (Phi) is 4.48. The van der Waals surface area contributed by atoms with Crippen molar-refractivity contribution in [3.63, 3.8) is 0 Å². The normalized spacial score (nSPS) is 22.5. The van der Waals surface area contributed by atoms with Crippen molar-refractivity contribution in [1.82, 2.24) is 10.2 Å². The Morgan fingerprint density at radius 2 is 2.08 bits per heavy atom. The fourth-order valence-electron chi connectivity index (χ4n) is 2.66. The van der Waals surface area contributed by atoms with Gasteiger partial charge < -0.3 is 15.2 Å². The summed E-state index contributed by atoms with van der Waals surface area (Å²) in [5.74, 6) is -0.864. The molecule has 2 N–H and O–H groups in total. The number of carboxylic acids is 1. The number of rotatable bonds is 5. The Labute approximate surface area is 142 Å². The summed E-state index contributed by atoms with van der Waals surface area (Å²) < 4.78 is 5.34. The van der Waals surface area contributed by atoms with Crippen molar-refractivity contribution in [3.05, 3.63) is 41.6 Å². The lowest BCUT2D eigenvalue weighted by Crippen LogP contribution is -2.70. The number of carbonyl (C=O) groups is 3. The first-order valence-electron chi connectivity index (χ1n) is 7.34. The predicted octanol–water partition coefficient (Wildman–Crippen LogP) is 0.824. The first-order valence-corrected chi connectivity index (χ1v) is 8.39. The molecule has 0 radical (unpaired) electrons. The molecule has 2 aliphatic rings. The topological polar surface area (TPSA) is 95.9 Å². The number of amides is 2. The number of nitrogens with one attached hydrogen (secondary N) is 1. The number of carbonyl (C=O) groups excluding carboxylic acids is 2. The Bertz CT molecular complexity index is 718. The number of carboxylic acid groups (broad SMARTS) is 1. The fraction of sp³-hybridized carbons (Fsp3) is 0.312. The van der Waals surface area contributed by atoms with Gasteiger partial charge in [-0.1, -0.05) is 18.2 Å². The van der Waals surface area contributed by atoms with Crippen LogP contribution in [-0.2, 0) is 14.4 Å². The summed E-state index contributed by atoms with van der Waals surface area (Å²) in [6.07, 6.45) is 0. The highest BCUT2D eigenvalue weighted by molar-refractivity contribution is 8.00. The molecule has 8 heteroatoms. The molecule has 0 aromatic heterocycles. The Morgan fingerprint density at radius 1 is 1.38 bits per heavy atom. The van der Waals surface area contributed by atoms with Crippen LogP contribution in [0.3, 0.4) is 0 Å². The van der Waals surface area contributed by atoms with Crippen LogP contribution in [0.25, 0.3) is 0 Å². The van der Waals surface area contributed by atoms with E-state index in [2.05, 4.69) is 5.32 Å². The first-order chi connectivity index (χ1) is 11.5. The molecule has 1 saturated heterocycles. The van der Waals surface area contributed by atoms with Crippen LogP contribution in [0.4, 0.5) is 0 Å². The number of β-lactam (4-membered cyclic amide) rings is 1. The molecule has 2 aliphatic heterocycles. The summed E-state index contributed by atoms with van der Waals surface area (Å²) in [5.41, 5.74) is 0.670. The van der Waals surface area contributed by atoms with Crippen LogP contribution in [0, 0.1) is 0 Å². The summed E-state index contributed by atoms with van der Waals surface area (Å²) in [6, 6.07) is 8.16. The van der Waals surface area contributed by atoms with Gasteiger partial charge in [0.25, 0.3) is 11.8 Å². The number of benzene rings is 1. The van der Waals surface area contributed by atoms with E-state index in [0.29, 0.717) is 17.1 Å². The van der Waals surface area contributed by atoms with Gasteiger partial charge in [0, 0.05) is 5.75 Å². The van der Waals surface area contributed by atoms with E-state index in [1.165, 1.54) is 16.7 Å². The lowest BCUT2D eigenvalue weighted by molar-refractivity contribution is -0.150. The molecule has 0 bridgehead atoms. The predicted molar refractivity (Wildman–Crippen MR) is 87.3 cm³/mol. The van der Waals surface area contributed by atoms with Gasteiger partial charge in [0.1, 0.15) is 22.9 Å². The molecular weight excluding hydrogens is 332 g/mol. The van der Waals surface area contributed by atoms with Gasteiger partial charge in [-0.2, -0.15) is 0 Å². The van der Waals surface area contributed by atoms with Crippen LogP contribution < -0.4 is 10.1 Å². The summed E-state index contributed by atoms with van der Waals surface area (Å²) in [7, 11) is 0. The lowest BCUT2D eigenvalue weighted by Gasteiger charge is -2.49. The minimum absolute atomic E-state index is 0.0229. The quantitative estimate of drug-likeness (QED) is 0.765. The number of nitrogens with zero attached hydrogens (tertiary/aromatic N) is 1. The second kappa shape index (κ2) is 6.56. The Balaban J connectivity index is 1.59. The van der Waals surface area contributed by atoms with Gasteiger partial charge in [0.15, 0.2) is 6.61 Å². The number of hydrogen-bond acceptors (Lipinski definition) is 5. The van der Waals surface area contributed by atoms with Crippen molar-refractivity contribution in [2.75, 3.05) is 12.4 Å². The monoisotopic (exact) mass is 348 g/mol. The maximum atomic E-state index is 12.2. The van der Waals surface area contributed by atoms with Gasteiger partial charge in [-0.15, -0.1) is 11.8 Å². The van der Waals surface area contributed by atoms with Gasteiger partial charge in [-0.05, 0) is 24.6 Å². The Morgan fingerprint density at radius 3 is 2.75 bits per heavy atom. The van der Waals surface area contributed by atoms with Crippen molar-refractivity contribution < 1.29 is 24.2 Å².